The second kappa shape index (κ2) is 4.75. The van der Waals surface area contributed by atoms with Crippen LogP contribution in [0.25, 0.3) is 0 Å². The van der Waals surface area contributed by atoms with Crippen LogP contribution in [0, 0.1) is 6.92 Å². The first kappa shape index (κ1) is 11.9. The van der Waals surface area contributed by atoms with Crippen LogP contribution in [0.2, 0.25) is 0 Å². The molecule has 17 heavy (non-hydrogen) atoms. The van der Waals surface area contributed by atoms with Crippen LogP contribution < -0.4 is 5.32 Å². The molecule has 0 bridgehead atoms. The van der Waals surface area contributed by atoms with Crippen molar-refractivity contribution in [1.29, 1.82) is 0 Å². The van der Waals surface area contributed by atoms with Crippen LogP contribution in [0.15, 0.2) is 6.20 Å². The molecular formula is C11H17N3O3. The normalized spacial score (nSPS) is 23.9. The number of aromatic nitrogens is 2. The minimum absolute atomic E-state index is 0.0318. The molecule has 1 fully saturated rings. The fourth-order valence-electron chi connectivity index (χ4n) is 2.03. The Labute approximate surface area is 99.6 Å². The Kier molecular flexibility index (Phi) is 3.33. The van der Waals surface area contributed by atoms with E-state index in [9.17, 15) is 4.79 Å². The summed E-state index contributed by atoms with van der Waals surface area (Å²) in [7, 11) is 1.87. The molecule has 2 rings (SSSR count). The number of carboxylic acid groups (broad SMARTS) is 1. The van der Waals surface area contributed by atoms with Crippen molar-refractivity contribution in [3.63, 3.8) is 0 Å². The summed E-state index contributed by atoms with van der Waals surface area (Å²) in [6.07, 6.45) is 2.60. The zero-order valence-electron chi connectivity index (χ0n) is 10.0. The summed E-state index contributed by atoms with van der Waals surface area (Å²) < 4.78 is 7.15. The second-order valence-corrected chi connectivity index (χ2v) is 4.35. The number of rotatable bonds is 4. The first-order valence-electron chi connectivity index (χ1n) is 5.68. The maximum Gasteiger partial charge on any atom is 0.332 e. The summed E-state index contributed by atoms with van der Waals surface area (Å²) in [6.45, 7) is 2.55. The number of nitrogens with one attached hydrogen (secondary N) is 1. The number of hydrogen-bond donors (Lipinski definition) is 2. The first-order chi connectivity index (χ1) is 8.06. The summed E-state index contributed by atoms with van der Waals surface area (Å²) in [5.41, 5.74) is 1.90. The summed E-state index contributed by atoms with van der Waals surface area (Å²) in [5.74, 6) is -0.870. The van der Waals surface area contributed by atoms with Gasteiger partial charge in [-0.15, -0.1) is 0 Å². The molecule has 1 aliphatic rings. The van der Waals surface area contributed by atoms with E-state index in [-0.39, 0.29) is 6.10 Å². The molecule has 2 heterocycles. The highest BCUT2D eigenvalue weighted by molar-refractivity contribution is 5.72. The van der Waals surface area contributed by atoms with Gasteiger partial charge in [0.25, 0.3) is 0 Å². The maximum atomic E-state index is 10.7. The standard InChI is InChI=1S/C11H17N3O3/c1-7-9(6-14(2)13-7)12-5-8-3-4-10(17-8)11(15)16/h6,8,10,12H,3-5H2,1-2H3,(H,15,16). The van der Waals surface area contributed by atoms with Crippen molar-refractivity contribution < 1.29 is 14.6 Å². The van der Waals surface area contributed by atoms with Gasteiger partial charge in [0.05, 0.1) is 17.5 Å². The van der Waals surface area contributed by atoms with E-state index in [1.807, 2.05) is 20.2 Å². The zero-order valence-corrected chi connectivity index (χ0v) is 10.0. The van der Waals surface area contributed by atoms with Crippen LogP contribution in [0.4, 0.5) is 5.69 Å². The Bertz CT molecular complexity index is 416. The van der Waals surface area contributed by atoms with E-state index < -0.39 is 12.1 Å². The monoisotopic (exact) mass is 239 g/mol. The summed E-state index contributed by atoms with van der Waals surface area (Å²) in [4.78, 5) is 10.7. The highest BCUT2D eigenvalue weighted by Crippen LogP contribution is 2.21. The Morgan fingerprint density at radius 3 is 3.00 bits per heavy atom. The highest BCUT2D eigenvalue weighted by Gasteiger charge is 2.30. The maximum absolute atomic E-state index is 10.7. The molecule has 1 aromatic rings. The third kappa shape index (κ3) is 2.76. The number of carbonyl (C=O) groups is 1. The summed E-state index contributed by atoms with van der Waals surface area (Å²) in [5, 5.41) is 16.3. The van der Waals surface area contributed by atoms with Crippen molar-refractivity contribution in [1.82, 2.24) is 9.78 Å². The minimum Gasteiger partial charge on any atom is -0.479 e. The molecule has 1 aliphatic heterocycles. The van der Waals surface area contributed by atoms with Gasteiger partial charge in [-0.2, -0.15) is 5.10 Å². The van der Waals surface area contributed by atoms with E-state index in [0.29, 0.717) is 13.0 Å². The average molecular weight is 239 g/mol. The van der Waals surface area contributed by atoms with Crippen molar-refractivity contribution >= 4 is 11.7 Å². The Hall–Kier alpha value is -1.56. The van der Waals surface area contributed by atoms with Crippen LogP contribution >= 0.6 is 0 Å². The van der Waals surface area contributed by atoms with Crippen molar-refractivity contribution in [3.8, 4) is 0 Å². The lowest BCUT2D eigenvalue weighted by molar-refractivity contribution is -0.149. The van der Waals surface area contributed by atoms with E-state index in [1.165, 1.54) is 0 Å². The molecule has 1 saturated heterocycles. The number of anilines is 1. The molecule has 0 radical (unpaired) electrons. The Morgan fingerprint density at radius 1 is 1.71 bits per heavy atom. The highest BCUT2D eigenvalue weighted by atomic mass is 16.5. The van der Waals surface area contributed by atoms with Gasteiger partial charge in [-0.1, -0.05) is 0 Å². The van der Waals surface area contributed by atoms with Crippen LogP contribution in [0.5, 0.6) is 0 Å². The van der Waals surface area contributed by atoms with Gasteiger partial charge >= 0.3 is 5.97 Å². The van der Waals surface area contributed by atoms with E-state index in [0.717, 1.165) is 17.8 Å². The third-order valence-corrected chi connectivity index (χ3v) is 2.92. The number of aryl methyl sites for hydroxylation is 2. The molecular weight excluding hydrogens is 222 g/mol. The number of carboxylic acids is 1. The molecule has 0 aromatic carbocycles. The van der Waals surface area contributed by atoms with Gasteiger partial charge in [0.1, 0.15) is 0 Å². The first-order valence-corrected chi connectivity index (χ1v) is 5.68. The van der Waals surface area contributed by atoms with Gasteiger partial charge in [-0.25, -0.2) is 4.79 Å². The fraction of sp³-hybridized carbons (Fsp3) is 0.636. The minimum atomic E-state index is -0.870. The van der Waals surface area contributed by atoms with Crippen molar-refractivity contribution in [2.24, 2.45) is 7.05 Å². The van der Waals surface area contributed by atoms with E-state index in [2.05, 4.69) is 10.4 Å². The SMILES string of the molecule is Cc1nn(C)cc1NCC1CCC(C(=O)O)O1. The van der Waals surface area contributed by atoms with Crippen molar-refractivity contribution in [2.45, 2.75) is 32.0 Å². The van der Waals surface area contributed by atoms with Crippen LogP contribution in [-0.2, 0) is 16.6 Å². The zero-order chi connectivity index (χ0) is 12.4. The molecule has 94 valence electrons. The number of hydrogen-bond acceptors (Lipinski definition) is 4. The number of nitrogens with zero attached hydrogens (tertiary/aromatic N) is 2. The van der Waals surface area contributed by atoms with E-state index in [1.54, 1.807) is 4.68 Å². The topological polar surface area (TPSA) is 76.4 Å². The van der Waals surface area contributed by atoms with E-state index >= 15 is 0 Å². The molecule has 0 amide bonds. The largest absolute Gasteiger partial charge is 0.479 e. The van der Waals surface area contributed by atoms with Crippen LogP contribution in [0.1, 0.15) is 18.5 Å². The van der Waals surface area contributed by atoms with Gasteiger partial charge in [0.15, 0.2) is 6.10 Å². The van der Waals surface area contributed by atoms with Gasteiger partial charge in [-0.3, -0.25) is 4.68 Å². The van der Waals surface area contributed by atoms with Crippen LogP contribution in [-0.4, -0.2) is 39.6 Å². The lowest BCUT2D eigenvalue weighted by Gasteiger charge is -2.12. The fourth-order valence-corrected chi connectivity index (χ4v) is 2.03. The lowest BCUT2D eigenvalue weighted by Crippen LogP contribution is -2.24. The second-order valence-electron chi connectivity index (χ2n) is 4.35. The summed E-state index contributed by atoms with van der Waals surface area (Å²) >= 11 is 0. The Balaban J connectivity index is 1.84. The van der Waals surface area contributed by atoms with Gasteiger partial charge in [-0.05, 0) is 19.8 Å². The molecule has 2 atom stereocenters. The third-order valence-electron chi connectivity index (χ3n) is 2.92. The van der Waals surface area contributed by atoms with Crippen molar-refractivity contribution in [2.75, 3.05) is 11.9 Å². The molecule has 0 aliphatic carbocycles. The molecule has 0 saturated carbocycles. The predicted octanol–water partition coefficient (Wildman–Crippen LogP) is 0.773. The average Bonchev–Trinajstić information content (AvgIpc) is 2.82. The Morgan fingerprint density at radius 2 is 2.47 bits per heavy atom. The quantitative estimate of drug-likeness (QED) is 0.811. The molecule has 0 spiro atoms. The smallest absolute Gasteiger partial charge is 0.332 e. The lowest BCUT2D eigenvalue weighted by atomic mass is 10.2. The number of aliphatic carboxylic acids is 1. The molecule has 6 nitrogen and oxygen atoms in total. The van der Waals surface area contributed by atoms with Gasteiger partial charge in [0.2, 0.25) is 0 Å². The van der Waals surface area contributed by atoms with E-state index in [4.69, 9.17) is 9.84 Å². The molecule has 1 aromatic heterocycles. The van der Waals surface area contributed by atoms with Gasteiger partial charge < -0.3 is 15.2 Å². The molecule has 2 unspecified atom stereocenters. The summed E-state index contributed by atoms with van der Waals surface area (Å²) in [6, 6.07) is 0. The molecule has 6 heteroatoms. The van der Waals surface area contributed by atoms with Gasteiger partial charge in [0, 0.05) is 19.8 Å². The van der Waals surface area contributed by atoms with Crippen molar-refractivity contribution in [3.05, 3.63) is 11.9 Å². The molecule has 2 N–H and O–H groups in total. The van der Waals surface area contributed by atoms with Crippen LogP contribution in [0.3, 0.4) is 0 Å². The predicted molar refractivity (Wildman–Crippen MR) is 62.0 cm³/mol. The number of ether oxygens (including phenoxy) is 1.